The molecule has 2 N–H and O–H groups in total. The van der Waals surface area contributed by atoms with Crippen LogP contribution in [-0.4, -0.2) is 23.0 Å². The molecule has 0 saturated heterocycles. The molecule has 0 unspecified atom stereocenters. The Balaban J connectivity index is 1.81. The van der Waals surface area contributed by atoms with Gasteiger partial charge in [0.1, 0.15) is 11.9 Å². The molecule has 2 rings (SSSR count). The summed E-state index contributed by atoms with van der Waals surface area (Å²) in [6.07, 6.45) is 7.41. The van der Waals surface area contributed by atoms with Gasteiger partial charge in [0.15, 0.2) is 0 Å². The molecule has 1 aromatic carbocycles. The maximum absolute atomic E-state index is 12.8. The van der Waals surface area contributed by atoms with Crippen molar-refractivity contribution in [2.24, 2.45) is 5.92 Å². The number of carbonyl (C=O) groups excluding carboxylic acids is 1. The molecular weight excluding hydrogens is 297 g/mol. The Hall–Kier alpha value is -1.91. The third kappa shape index (κ3) is 6.00. The number of amides is 1. The van der Waals surface area contributed by atoms with Crippen molar-refractivity contribution < 1.29 is 19.1 Å². The minimum Gasteiger partial charge on any atom is -0.480 e. The van der Waals surface area contributed by atoms with Gasteiger partial charge in [-0.25, -0.2) is 9.18 Å². The second kappa shape index (κ2) is 8.65. The first-order chi connectivity index (χ1) is 11.0. The summed E-state index contributed by atoms with van der Waals surface area (Å²) in [5, 5.41) is 11.9. The monoisotopic (exact) mass is 321 g/mol. The van der Waals surface area contributed by atoms with Crippen molar-refractivity contribution in [3.63, 3.8) is 0 Å². The first-order valence-electron chi connectivity index (χ1n) is 8.31. The summed E-state index contributed by atoms with van der Waals surface area (Å²) in [6.45, 7) is 0. The fraction of sp³-hybridized carbons (Fsp3) is 0.556. The van der Waals surface area contributed by atoms with Crippen LogP contribution >= 0.6 is 0 Å². The third-order valence-corrected chi connectivity index (χ3v) is 4.50. The summed E-state index contributed by atoms with van der Waals surface area (Å²) < 4.78 is 12.8. The molecule has 0 bridgehead atoms. The van der Waals surface area contributed by atoms with Gasteiger partial charge in [0, 0.05) is 0 Å². The maximum Gasteiger partial charge on any atom is 0.326 e. The number of benzene rings is 1. The van der Waals surface area contributed by atoms with Crippen molar-refractivity contribution in [3.8, 4) is 0 Å². The van der Waals surface area contributed by atoms with E-state index in [1.165, 1.54) is 43.5 Å². The number of rotatable bonds is 7. The maximum atomic E-state index is 12.8. The normalized spacial score (nSPS) is 16.7. The van der Waals surface area contributed by atoms with Crippen LogP contribution < -0.4 is 5.32 Å². The lowest BCUT2D eigenvalue weighted by Crippen LogP contribution is -2.41. The van der Waals surface area contributed by atoms with Gasteiger partial charge in [-0.05, 0) is 36.5 Å². The number of hydrogen-bond donors (Lipinski definition) is 2. The molecule has 5 heteroatoms. The summed E-state index contributed by atoms with van der Waals surface area (Å²) in [7, 11) is 0. The molecule has 0 spiro atoms. The fourth-order valence-corrected chi connectivity index (χ4v) is 3.17. The van der Waals surface area contributed by atoms with E-state index in [1.54, 1.807) is 0 Å². The van der Waals surface area contributed by atoms with Crippen LogP contribution in [0.1, 0.15) is 50.5 Å². The molecule has 1 saturated carbocycles. The van der Waals surface area contributed by atoms with Gasteiger partial charge in [-0.3, -0.25) is 4.79 Å². The van der Waals surface area contributed by atoms with E-state index in [4.69, 9.17) is 0 Å². The molecule has 1 amide bonds. The summed E-state index contributed by atoms with van der Waals surface area (Å²) in [5.41, 5.74) is 0.667. The summed E-state index contributed by atoms with van der Waals surface area (Å²) >= 11 is 0. The van der Waals surface area contributed by atoms with E-state index >= 15 is 0 Å². The highest BCUT2D eigenvalue weighted by molar-refractivity contribution is 5.84. The Kier molecular flexibility index (Phi) is 6.56. The Morgan fingerprint density at radius 2 is 1.83 bits per heavy atom. The van der Waals surface area contributed by atoms with Gasteiger partial charge in [-0.1, -0.05) is 44.2 Å². The van der Waals surface area contributed by atoms with Gasteiger partial charge in [0.2, 0.25) is 5.91 Å². The average Bonchev–Trinajstić information content (AvgIpc) is 2.54. The zero-order valence-corrected chi connectivity index (χ0v) is 13.3. The second-order valence-electron chi connectivity index (χ2n) is 6.34. The summed E-state index contributed by atoms with van der Waals surface area (Å²) in [4.78, 5) is 23.3. The Morgan fingerprint density at radius 1 is 1.17 bits per heavy atom. The number of halogens is 1. The van der Waals surface area contributed by atoms with Gasteiger partial charge >= 0.3 is 5.97 Å². The van der Waals surface area contributed by atoms with Gasteiger partial charge in [0.25, 0.3) is 0 Å². The molecule has 0 aromatic heterocycles. The minimum atomic E-state index is -0.992. The molecule has 0 radical (unpaired) electrons. The number of aliphatic carboxylic acids is 1. The number of nitrogens with one attached hydrogen (secondary N) is 1. The molecule has 1 atom stereocenters. The van der Waals surface area contributed by atoms with Crippen molar-refractivity contribution in [2.75, 3.05) is 0 Å². The molecule has 1 aromatic rings. The van der Waals surface area contributed by atoms with Gasteiger partial charge in [0.05, 0.1) is 6.42 Å². The lowest BCUT2D eigenvalue weighted by Gasteiger charge is -2.23. The van der Waals surface area contributed by atoms with E-state index in [-0.39, 0.29) is 18.1 Å². The second-order valence-corrected chi connectivity index (χ2v) is 6.34. The van der Waals surface area contributed by atoms with Crippen LogP contribution in [0.15, 0.2) is 24.3 Å². The standard InChI is InChI=1S/C18H24FNO3/c19-15-9-6-14(7-10-15)12-17(21)20-16(18(22)23)11-8-13-4-2-1-3-5-13/h6-7,9-10,13,16H,1-5,8,11-12H2,(H,20,21)(H,22,23)/t16-/m0/s1. The zero-order valence-electron chi connectivity index (χ0n) is 13.3. The zero-order chi connectivity index (χ0) is 16.7. The lowest BCUT2D eigenvalue weighted by atomic mass is 9.85. The molecular formula is C18H24FNO3. The smallest absolute Gasteiger partial charge is 0.326 e. The van der Waals surface area contributed by atoms with Crippen LogP contribution in [0.2, 0.25) is 0 Å². The van der Waals surface area contributed by atoms with E-state index in [1.807, 2.05) is 0 Å². The third-order valence-electron chi connectivity index (χ3n) is 4.50. The highest BCUT2D eigenvalue weighted by atomic mass is 19.1. The average molecular weight is 321 g/mol. The van der Waals surface area contributed by atoms with Crippen molar-refractivity contribution in [3.05, 3.63) is 35.6 Å². The topological polar surface area (TPSA) is 66.4 Å². The first kappa shape index (κ1) is 17.4. The molecule has 23 heavy (non-hydrogen) atoms. The predicted octanol–water partition coefficient (Wildman–Crippen LogP) is 3.30. The molecule has 4 nitrogen and oxygen atoms in total. The summed E-state index contributed by atoms with van der Waals surface area (Å²) in [5.74, 6) is -1.11. The van der Waals surface area contributed by atoms with Gasteiger partial charge in [-0.2, -0.15) is 0 Å². The molecule has 1 fully saturated rings. The molecule has 0 aliphatic heterocycles. The fourth-order valence-electron chi connectivity index (χ4n) is 3.17. The molecule has 0 heterocycles. The lowest BCUT2D eigenvalue weighted by molar-refractivity contribution is -0.142. The largest absolute Gasteiger partial charge is 0.480 e. The number of carboxylic acid groups (broad SMARTS) is 1. The Labute approximate surface area is 136 Å². The van der Waals surface area contributed by atoms with E-state index in [9.17, 15) is 19.1 Å². The molecule has 1 aliphatic carbocycles. The molecule has 1 aliphatic rings. The van der Waals surface area contributed by atoms with E-state index in [0.717, 1.165) is 19.3 Å². The predicted molar refractivity (Wildman–Crippen MR) is 85.5 cm³/mol. The highest BCUT2D eigenvalue weighted by Crippen LogP contribution is 2.27. The van der Waals surface area contributed by atoms with E-state index < -0.39 is 12.0 Å². The van der Waals surface area contributed by atoms with Crippen LogP contribution in [0.3, 0.4) is 0 Å². The summed E-state index contributed by atoms with van der Waals surface area (Å²) in [6, 6.07) is 4.81. The number of hydrogen-bond acceptors (Lipinski definition) is 2. The van der Waals surface area contributed by atoms with Crippen LogP contribution in [0.5, 0.6) is 0 Å². The van der Waals surface area contributed by atoms with E-state index in [2.05, 4.69) is 5.32 Å². The quantitative estimate of drug-likeness (QED) is 0.810. The van der Waals surface area contributed by atoms with Gasteiger partial charge < -0.3 is 10.4 Å². The van der Waals surface area contributed by atoms with Crippen LogP contribution in [0, 0.1) is 11.7 Å². The SMILES string of the molecule is O=C(Cc1ccc(F)cc1)N[C@@H](CCC1CCCCC1)C(=O)O. The van der Waals surface area contributed by atoms with Crippen LogP contribution in [-0.2, 0) is 16.0 Å². The number of carboxylic acids is 1. The Morgan fingerprint density at radius 3 is 2.43 bits per heavy atom. The van der Waals surface area contributed by atoms with Crippen LogP contribution in [0.25, 0.3) is 0 Å². The highest BCUT2D eigenvalue weighted by Gasteiger charge is 2.22. The Bertz CT molecular complexity index is 524. The minimum absolute atomic E-state index is 0.0630. The van der Waals surface area contributed by atoms with Crippen LogP contribution in [0.4, 0.5) is 4.39 Å². The first-order valence-corrected chi connectivity index (χ1v) is 8.31. The van der Waals surface area contributed by atoms with E-state index in [0.29, 0.717) is 17.9 Å². The van der Waals surface area contributed by atoms with Gasteiger partial charge in [-0.15, -0.1) is 0 Å². The number of carbonyl (C=O) groups is 2. The van der Waals surface area contributed by atoms with Crippen molar-refractivity contribution in [1.82, 2.24) is 5.32 Å². The van der Waals surface area contributed by atoms with Crippen molar-refractivity contribution in [1.29, 1.82) is 0 Å². The van der Waals surface area contributed by atoms with Crippen molar-refractivity contribution >= 4 is 11.9 Å². The van der Waals surface area contributed by atoms with Crippen molar-refractivity contribution in [2.45, 2.75) is 57.4 Å². The molecule has 126 valence electrons.